The van der Waals surface area contributed by atoms with Crippen LogP contribution < -0.4 is 5.32 Å². The molecule has 3 heteroatoms. The smallest absolute Gasteiger partial charge is 0.0614 e. The molecule has 0 aliphatic heterocycles. The molecule has 4 atom stereocenters. The maximum absolute atomic E-state index is 9.73. The normalized spacial score (nSPS) is 38.2. The molecule has 2 rings (SSSR count). The van der Waals surface area contributed by atoms with Crippen molar-refractivity contribution in [1.29, 1.82) is 0 Å². The summed E-state index contributed by atoms with van der Waals surface area (Å²) in [5.74, 6) is 0.871. The highest BCUT2D eigenvalue weighted by Gasteiger charge is 2.39. The van der Waals surface area contributed by atoms with Gasteiger partial charge in [0.15, 0.2) is 0 Å². The van der Waals surface area contributed by atoms with Crippen LogP contribution in [-0.2, 0) is 4.74 Å². The van der Waals surface area contributed by atoms with Crippen LogP contribution >= 0.6 is 0 Å². The largest absolute Gasteiger partial charge is 0.394 e. The number of rotatable bonds is 7. The third-order valence-corrected chi connectivity index (χ3v) is 5.31. The molecular formula is C17H33NO2. The SMILES string of the molecule is CCCNC1(CO)CCC(OC2CCCC(CC)C2)C1. The van der Waals surface area contributed by atoms with Gasteiger partial charge in [0.05, 0.1) is 18.8 Å². The first-order valence-corrected chi connectivity index (χ1v) is 8.72. The second-order valence-corrected chi connectivity index (χ2v) is 6.93. The molecule has 2 saturated carbocycles. The van der Waals surface area contributed by atoms with Gasteiger partial charge in [0.1, 0.15) is 0 Å². The molecule has 0 spiro atoms. The molecule has 4 unspecified atom stereocenters. The van der Waals surface area contributed by atoms with Gasteiger partial charge in [-0.15, -0.1) is 0 Å². The van der Waals surface area contributed by atoms with Crippen LogP contribution in [0.1, 0.15) is 71.6 Å². The number of ether oxygens (including phenoxy) is 1. The standard InChI is InChI=1S/C17H33NO2/c1-3-10-18-17(13-19)9-8-16(12-17)20-15-7-5-6-14(4-2)11-15/h14-16,18-19H,3-13H2,1-2H3. The van der Waals surface area contributed by atoms with Crippen molar-refractivity contribution in [2.75, 3.05) is 13.2 Å². The molecule has 20 heavy (non-hydrogen) atoms. The first-order valence-electron chi connectivity index (χ1n) is 8.72. The molecule has 0 saturated heterocycles. The Bertz CT molecular complexity index is 284. The zero-order chi connectivity index (χ0) is 14.4. The van der Waals surface area contributed by atoms with Crippen LogP contribution in [0.15, 0.2) is 0 Å². The number of hydrogen-bond acceptors (Lipinski definition) is 3. The lowest BCUT2D eigenvalue weighted by Crippen LogP contribution is -2.47. The van der Waals surface area contributed by atoms with E-state index in [1.54, 1.807) is 0 Å². The second kappa shape index (κ2) is 7.77. The maximum Gasteiger partial charge on any atom is 0.0614 e. The van der Waals surface area contributed by atoms with Gasteiger partial charge in [-0.1, -0.05) is 33.1 Å². The molecule has 0 aromatic heterocycles. The van der Waals surface area contributed by atoms with Crippen LogP contribution in [0, 0.1) is 5.92 Å². The van der Waals surface area contributed by atoms with Crippen molar-refractivity contribution in [3.8, 4) is 0 Å². The number of hydrogen-bond donors (Lipinski definition) is 2. The summed E-state index contributed by atoms with van der Waals surface area (Å²) >= 11 is 0. The van der Waals surface area contributed by atoms with Gasteiger partial charge >= 0.3 is 0 Å². The summed E-state index contributed by atoms with van der Waals surface area (Å²) in [6.45, 7) is 5.71. The van der Waals surface area contributed by atoms with Crippen LogP contribution in [0.3, 0.4) is 0 Å². The molecule has 2 fully saturated rings. The van der Waals surface area contributed by atoms with Crippen molar-refractivity contribution in [3.63, 3.8) is 0 Å². The Kier molecular flexibility index (Phi) is 6.31. The highest BCUT2D eigenvalue weighted by molar-refractivity contribution is 4.97. The Hall–Kier alpha value is -0.120. The van der Waals surface area contributed by atoms with Crippen LogP contribution in [0.2, 0.25) is 0 Å². The van der Waals surface area contributed by atoms with Crippen LogP contribution in [-0.4, -0.2) is 36.0 Å². The van der Waals surface area contributed by atoms with Gasteiger partial charge in [0.25, 0.3) is 0 Å². The third kappa shape index (κ3) is 4.19. The molecule has 0 amide bonds. The molecule has 2 aliphatic rings. The van der Waals surface area contributed by atoms with E-state index in [2.05, 4.69) is 19.2 Å². The summed E-state index contributed by atoms with van der Waals surface area (Å²) in [7, 11) is 0. The van der Waals surface area contributed by atoms with E-state index in [1.165, 1.54) is 32.1 Å². The van der Waals surface area contributed by atoms with Crippen molar-refractivity contribution in [3.05, 3.63) is 0 Å². The summed E-state index contributed by atoms with van der Waals surface area (Å²) in [4.78, 5) is 0. The third-order valence-electron chi connectivity index (χ3n) is 5.31. The second-order valence-electron chi connectivity index (χ2n) is 6.93. The quantitative estimate of drug-likeness (QED) is 0.753. The van der Waals surface area contributed by atoms with Crippen LogP contribution in [0.4, 0.5) is 0 Å². The fraction of sp³-hybridized carbons (Fsp3) is 1.00. The molecule has 0 heterocycles. The lowest BCUT2D eigenvalue weighted by atomic mass is 9.85. The van der Waals surface area contributed by atoms with Crippen LogP contribution in [0.5, 0.6) is 0 Å². The predicted octanol–water partition coefficient (Wildman–Crippen LogP) is 3.26. The van der Waals surface area contributed by atoms with Gasteiger partial charge in [-0.3, -0.25) is 0 Å². The van der Waals surface area contributed by atoms with E-state index < -0.39 is 0 Å². The summed E-state index contributed by atoms with van der Waals surface area (Å²) in [5.41, 5.74) is -0.0699. The minimum absolute atomic E-state index is 0.0699. The molecule has 2 N–H and O–H groups in total. The highest BCUT2D eigenvalue weighted by Crippen LogP contribution is 2.35. The average molecular weight is 283 g/mol. The van der Waals surface area contributed by atoms with E-state index in [-0.39, 0.29) is 12.1 Å². The first kappa shape index (κ1) is 16.3. The van der Waals surface area contributed by atoms with Crippen molar-refractivity contribution in [1.82, 2.24) is 5.32 Å². The monoisotopic (exact) mass is 283 g/mol. The summed E-state index contributed by atoms with van der Waals surface area (Å²) in [6, 6.07) is 0. The van der Waals surface area contributed by atoms with Crippen LogP contribution in [0.25, 0.3) is 0 Å². The van der Waals surface area contributed by atoms with Gasteiger partial charge in [0.2, 0.25) is 0 Å². The highest BCUT2D eigenvalue weighted by atomic mass is 16.5. The fourth-order valence-corrected chi connectivity index (χ4v) is 3.95. The minimum Gasteiger partial charge on any atom is -0.394 e. The predicted molar refractivity (Wildman–Crippen MR) is 82.9 cm³/mol. The maximum atomic E-state index is 9.73. The van der Waals surface area contributed by atoms with E-state index in [0.717, 1.165) is 38.1 Å². The van der Waals surface area contributed by atoms with E-state index in [1.807, 2.05) is 0 Å². The molecule has 3 nitrogen and oxygen atoms in total. The van der Waals surface area contributed by atoms with Gasteiger partial charge in [-0.25, -0.2) is 0 Å². The average Bonchev–Trinajstić information content (AvgIpc) is 2.89. The zero-order valence-electron chi connectivity index (χ0n) is 13.4. The minimum atomic E-state index is -0.0699. The molecule has 118 valence electrons. The van der Waals surface area contributed by atoms with E-state index in [4.69, 9.17) is 4.74 Å². The van der Waals surface area contributed by atoms with E-state index in [9.17, 15) is 5.11 Å². The molecule has 0 aromatic rings. The number of aliphatic hydroxyl groups excluding tert-OH is 1. The van der Waals surface area contributed by atoms with Gasteiger partial charge in [-0.2, -0.15) is 0 Å². The molecular weight excluding hydrogens is 250 g/mol. The van der Waals surface area contributed by atoms with Crippen molar-refractivity contribution >= 4 is 0 Å². The van der Waals surface area contributed by atoms with Crippen molar-refractivity contribution in [2.24, 2.45) is 5.92 Å². The van der Waals surface area contributed by atoms with E-state index in [0.29, 0.717) is 12.2 Å². The lowest BCUT2D eigenvalue weighted by Gasteiger charge is -2.32. The number of aliphatic hydroxyl groups is 1. The van der Waals surface area contributed by atoms with Crippen molar-refractivity contribution < 1.29 is 9.84 Å². The molecule has 0 aromatic carbocycles. The first-order chi connectivity index (χ1) is 9.71. The molecule has 0 radical (unpaired) electrons. The number of nitrogens with one attached hydrogen (secondary N) is 1. The lowest BCUT2D eigenvalue weighted by molar-refractivity contribution is -0.0415. The Morgan fingerprint density at radius 3 is 2.75 bits per heavy atom. The Labute approximate surface area is 124 Å². The summed E-state index contributed by atoms with van der Waals surface area (Å²) in [6.07, 6.45) is 11.6. The topological polar surface area (TPSA) is 41.5 Å². The summed E-state index contributed by atoms with van der Waals surface area (Å²) < 4.78 is 6.37. The van der Waals surface area contributed by atoms with Gasteiger partial charge < -0.3 is 15.2 Å². The Balaban J connectivity index is 1.80. The van der Waals surface area contributed by atoms with Crippen molar-refractivity contribution in [2.45, 2.75) is 89.4 Å². The van der Waals surface area contributed by atoms with Gasteiger partial charge in [-0.05, 0) is 51.0 Å². The summed E-state index contributed by atoms with van der Waals surface area (Å²) in [5, 5.41) is 13.3. The van der Waals surface area contributed by atoms with E-state index >= 15 is 0 Å². The van der Waals surface area contributed by atoms with Gasteiger partial charge in [0, 0.05) is 5.54 Å². The zero-order valence-corrected chi connectivity index (χ0v) is 13.4. The molecule has 0 bridgehead atoms. The fourth-order valence-electron chi connectivity index (χ4n) is 3.95. The Morgan fingerprint density at radius 2 is 2.05 bits per heavy atom. The molecule has 2 aliphatic carbocycles. The Morgan fingerprint density at radius 1 is 1.20 bits per heavy atom.